The highest BCUT2D eigenvalue weighted by molar-refractivity contribution is 5.95. The molecule has 0 saturated heterocycles. The lowest BCUT2D eigenvalue weighted by Crippen LogP contribution is -2.22. The number of carbonyl (C=O) groups excluding carboxylic acids is 1. The molecular formula is C25H28N2O4. The molecule has 0 unspecified atom stereocenters. The van der Waals surface area contributed by atoms with E-state index in [2.05, 4.69) is 10.6 Å². The van der Waals surface area contributed by atoms with Crippen molar-refractivity contribution in [2.45, 2.75) is 20.0 Å². The zero-order valence-electron chi connectivity index (χ0n) is 17.8. The summed E-state index contributed by atoms with van der Waals surface area (Å²) in [7, 11) is 0. The molecule has 3 rings (SSSR count). The molecule has 3 aromatic rings. The molecule has 0 bridgehead atoms. The Morgan fingerprint density at radius 3 is 2.29 bits per heavy atom. The third kappa shape index (κ3) is 7.59. The van der Waals surface area contributed by atoms with E-state index in [4.69, 9.17) is 14.2 Å². The molecule has 2 N–H and O–H groups in total. The van der Waals surface area contributed by atoms with Gasteiger partial charge in [0.15, 0.2) is 0 Å². The van der Waals surface area contributed by atoms with E-state index in [0.29, 0.717) is 30.4 Å². The summed E-state index contributed by atoms with van der Waals surface area (Å²) >= 11 is 0. The number of hydrogen-bond acceptors (Lipinski definition) is 5. The SMILES string of the molecule is CC(C)Oc1ccccc1NC(=O)CNc1cccc(OCCOc2ccccc2)c1. The maximum atomic E-state index is 12.4. The van der Waals surface area contributed by atoms with Gasteiger partial charge in [-0.3, -0.25) is 4.79 Å². The highest BCUT2D eigenvalue weighted by Gasteiger charge is 2.09. The van der Waals surface area contributed by atoms with E-state index in [0.717, 1.165) is 11.4 Å². The number of hydrogen-bond donors (Lipinski definition) is 2. The number of amides is 1. The van der Waals surface area contributed by atoms with Crippen LogP contribution in [0.2, 0.25) is 0 Å². The summed E-state index contributed by atoms with van der Waals surface area (Å²) in [6.45, 7) is 4.88. The van der Waals surface area contributed by atoms with E-state index in [1.165, 1.54) is 0 Å². The highest BCUT2D eigenvalue weighted by Crippen LogP contribution is 2.25. The molecule has 0 radical (unpaired) electrons. The average molecular weight is 421 g/mol. The van der Waals surface area contributed by atoms with Crippen molar-refractivity contribution in [3.63, 3.8) is 0 Å². The molecule has 31 heavy (non-hydrogen) atoms. The van der Waals surface area contributed by atoms with Crippen molar-refractivity contribution < 1.29 is 19.0 Å². The number of para-hydroxylation sites is 3. The number of rotatable bonds is 11. The molecule has 0 spiro atoms. The average Bonchev–Trinajstić information content (AvgIpc) is 2.77. The lowest BCUT2D eigenvalue weighted by molar-refractivity contribution is -0.114. The van der Waals surface area contributed by atoms with Crippen molar-refractivity contribution in [1.29, 1.82) is 0 Å². The Balaban J connectivity index is 1.45. The predicted molar refractivity (Wildman–Crippen MR) is 123 cm³/mol. The van der Waals surface area contributed by atoms with Crippen LogP contribution in [-0.2, 0) is 4.79 Å². The van der Waals surface area contributed by atoms with Crippen LogP contribution in [0.4, 0.5) is 11.4 Å². The van der Waals surface area contributed by atoms with Gasteiger partial charge >= 0.3 is 0 Å². The standard InChI is InChI=1S/C25H28N2O4/c1-19(2)31-24-14-7-6-13-23(24)27-25(28)18-26-20-9-8-12-22(17-20)30-16-15-29-21-10-4-3-5-11-21/h3-14,17,19,26H,15-16,18H2,1-2H3,(H,27,28). The fourth-order valence-corrected chi connectivity index (χ4v) is 2.83. The van der Waals surface area contributed by atoms with Gasteiger partial charge in [0.2, 0.25) is 5.91 Å². The monoisotopic (exact) mass is 420 g/mol. The molecule has 0 heterocycles. The third-order valence-corrected chi connectivity index (χ3v) is 4.17. The van der Waals surface area contributed by atoms with E-state index in [1.807, 2.05) is 92.7 Å². The molecule has 3 aromatic carbocycles. The van der Waals surface area contributed by atoms with Gasteiger partial charge in [0.25, 0.3) is 0 Å². The summed E-state index contributed by atoms with van der Waals surface area (Å²) in [5, 5.41) is 6.00. The maximum absolute atomic E-state index is 12.4. The molecule has 0 aliphatic carbocycles. The van der Waals surface area contributed by atoms with Crippen LogP contribution in [0.25, 0.3) is 0 Å². The molecule has 6 nitrogen and oxygen atoms in total. The van der Waals surface area contributed by atoms with Gasteiger partial charge in [-0.25, -0.2) is 0 Å². The molecule has 0 aliphatic heterocycles. The Morgan fingerprint density at radius 1 is 0.839 bits per heavy atom. The summed E-state index contributed by atoms with van der Waals surface area (Å²) in [5.74, 6) is 2.01. The van der Waals surface area contributed by atoms with Gasteiger partial charge in [0, 0.05) is 11.8 Å². The van der Waals surface area contributed by atoms with E-state index >= 15 is 0 Å². The lowest BCUT2D eigenvalue weighted by atomic mass is 10.2. The van der Waals surface area contributed by atoms with Crippen molar-refractivity contribution in [3.05, 3.63) is 78.9 Å². The van der Waals surface area contributed by atoms with Gasteiger partial charge in [0.05, 0.1) is 18.3 Å². The molecule has 0 aliphatic rings. The van der Waals surface area contributed by atoms with Gasteiger partial charge in [-0.1, -0.05) is 36.4 Å². The maximum Gasteiger partial charge on any atom is 0.243 e. The lowest BCUT2D eigenvalue weighted by Gasteiger charge is -2.15. The number of carbonyl (C=O) groups is 1. The Kier molecular flexibility index (Phi) is 8.17. The van der Waals surface area contributed by atoms with Crippen molar-refractivity contribution in [1.82, 2.24) is 0 Å². The summed E-state index contributed by atoms with van der Waals surface area (Å²) in [5.41, 5.74) is 1.45. The van der Waals surface area contributed by atoms with Crippen LogP contribution in [0.1, 0.15) is 13.8 Å². The normalized spacial score (nSPS) is 10.4. The molecule has 1 amide bonds. The highest BCUT2D eigenvalue weighted by atomic mass is 16.5. The number of nitrogens with one attached hydrogen (secondary N) is 2. The van der Waals surface area contributed by atoms with Gasteiger partial charge in [-0.2, -0.15) is 0 Å². The van der Waals surface area contributed by atoms with Crippen molar-refractivity contribution in [2.24, 2.45) is 0 Å². The zero-order valence-corrected chi connectivity index (χ0v) is 17.8. The van der Waals surface area contributed by atoms with Gasteiger partial charge < -0.3 is 24.8 Å². The Labute approximate surface area is 183 Å². The summed E-state index contributed by atoms with van der Waals surface area (Å²) in [4.78, 5) is 12.4. The predicted octanol–water partition coefficient (Wildman–Crippen LogP) is 4.98. The van der Waals surface area contributed by atoms with Crippen LogP contribution < -0.4 is 24.8 Å². The van der Waals surface area contributed by atoms with Gasteiger partial charge in [-0.15, -0.1) is 0 Å². The Hall–Kier alpha value is -3.67. The van der Waals surface area contributed by atoms with Gasteiger partial charge in [-0.05, 0) is 50.2 Å². The van der Waals surface area contributed by atoms with Crippen molar-refractivity contribution in [2.75, 3.05) is 30.4 Å². The second kappa shape index (κ2) is 11.5. The minimum atomic E-state index is -0.164. The van der Waals surface area contributed by atoms with E-state index < -0.39 is 0 Å². The topological polar surface area (TPSA) is 68.8 Å². The van der Waals surface area contributed by atoms with Crippen LogP contribution in [0.3, 0.4) is 0 Å². The summed E-state index contributed by atoms with van der Waals surface area (Å²) < 4.78 is 17.1. The fourth-order valence-electron chi connectivity index (χ4n) is 2.83. The summed E-state index contributed by atoms with van der Waals surface area (Å²) in [6.07, 6.45) is 0.0250. The van der Waals surface area contributed by atoms with Crippen LogP contribution in [-0.4, -0.2) is 31.8 Å². The quantitative estimate of drug-likeness (QED) is 0.428. The first-order valence-electron chi connectivity index (χ1n) is 10.3. The third-order valence-electron chi connectivity index (χ3n) is 4.17. The smallest absolute Gasteiger partial charge is 0.243 e. The van der Waals surface area contributed by atoms with Gasteiger partial charge in [0.1, 0.15) is 30.5 Å². The largest absolute Gasteiger partial charge is 0.490 e. The first-order chi connectivity index (χ1) is 15.1. The molecule has 0 aromatic heterocycles. The van der Waals surface area contributed by atoms with Crippen LogP contribution in [0.5, 0.6) is 17.2 Å². The van der Waals surface area contributed by atoms with Crippen molar-refractivity contribution >= 4 is 17.3 Å². The van der Waals surface area contributed by atoms with Crippen LogP contribution in [0, 0.1) is 0 Å². The second-order valence-electron chi connectivity index (χ2n) is 7.10. The van der Waals surface area contributed by atoms with Crippen LogP contribution >= 0.6 is 0 Å². The number of benzene rings is 3. The number of anilines is 2. The van der Waals surface area contributed by atoms with Crippen molar-refractivity contribution in [3.8, 4) is 17.2 Å². The Morgan fingerprint density at radius 2 is 1.52 bits per heavy atom. The molecular weight excluding hydrogens is 392 g/mol. The molecule has 0 saturated carbocycles. The van der Waals surface area contributed by atoms with Crippen LogP contribution in [0.15, 0.2) is 78.9 Å². The molecule has 6 heteroatoms. The van der Waals surface area contributed by atoms with E-state index in [-0.39, 0.29) is 18.6 Å². The molecule has 0 fully saturated rings. The second-order valence-corrected chi connectivity index (χ2v) is 7.10. The summed E-state index contributed by atoms with van der Waals surface area (Å²) in [6, 6.07) is 24.5. The minimum Gasteiger partial charge on any atom is -0.490 e. The first kappa shape index (κ1) is 22.0. The van der Waals surface area contributed by atoms with E-state index in [1.54, 1.807) is 0 Å². The fraction of sp³-hybridized carbons (Fsp3) is 0.240. The Bertz CT molecular complexity index is 961. The van der Waals surface area contributed by atoms with E-state index in [9.17, 15) is 4.79 Å². The minimum absolute atomic E-state index is 0.0250. The first-order valence-corrected chi connectivity index (χ1v) is 10.3. The molecule has 162 valence electrons. The molecule has 0 atom stereocenters. The zero-order chi connectivity index (χ0) is 21.9. The number of ether oxygens (including phenoxy) is 3.